The largest absolute Gasteiger partial charge is 0.495 e. The maximum atomic E-state index is 12.3. The van der Waals surface area contributed by atoms with Gasteiger partial charge in [0.15, 0.2) is 0 Å². The topological polar surface area (TPSA) is 60.0 Å². The number of halogens is 1. The molecule has 1 N–H and O–H groups in total. The van der Waals surface area contributed by atoms with E-state index < -0.39 is 0 Å². The Hall–Kier alpha value is -1.50. The number of hydrogen-bond acceptors (Lipinski definition) is 5. The summed E-state index contributed by atoms with van der Waals surface area (Å²) < 4.78 is 16.1. The summed E-state index contributed by atoms with van der Waals surface area (Å²) in [7, 11) is 3.06. The molecule has 1 aromatic carbocycles. The number of ether oxygens (including phenoxy) is 3. The van der Waals surface area contributed by atoms with Crippen LogP contribution in [0.1, 0.15) is 19.8 Å². The second kappa shape index (κ2) is 9.11. The first-order valence-corrected chi connectivity index (χ1v) is 8.50. The molecule has 1 saturated heterocycles. The Balaban J connectivity index is 1.93. The lowest BCUT2D eigenvalue weighted by Crippen LogP contribution is -2.41. The van der Waals surface area contributed by atoms with Crippen LogP contribution in [0.4, 0.5) is 5.69 Å². The summed E-state index contributed by atoms with van der Waals surface area (Å²) in [6.07, 6.45) is 2.23. The third kappa shape index (κ3) is 5.00. The van der Waals surface area contributed by atoms with Crippen molar-refractivity contribution < 1.29 is 19.0 Å². The Morgan fingerprint density at radius 3 is 2.50 bits per heavy atom. The number of likely N-dealkylation sites (tertiary alicyclic amines) is 1. The van der Waals surface area contributed by atoms with Gasteiger partial charge in [-0.1, -0.05) is 11.6 Å². The first kappa shape index (κ1) is 18.8. The van der Waals surface area contributed by atoms with Gasteiger partial charge in [-0.25, -0.2) is 0 Å². The number of rotatable bonds is 7. The van der Waals surface area contributed by atoms with Gasteiger partial charge < -0.3 is 19.5 Å². The molecule has 0 unspecified atom stereocenters. The average molecular weight is 357 g/mol. The van der Waals surface area contributed by atoms with Crippen LogP contribution in [0.3, 0.4) is 0 Å². The molecule has 0 saturated carbocycles. The third-order valence-electron chi connectivity index (χ3n) is 4.05. The minimum atomic E-state index is -0.0902. The zero-order valence-corrected chi connectivity index (χ0v) is 15.2. The zero-order chi connectivity index (χ0) is 17.5. The lowest BCUT2D eigenvalue weighted by Gasteiger charge is -2.31. The van der Waals surface area contributed by atoms with E-state index in [0.717, 1.165) is 32.5 Å². The van der Waals surface area contributed by atoms with E-state index in [1.54, 1.807) is 12.1 Å². The maximum absolute atomic E-state index is 12.3. The highest BCUT2D eigenvalue weighted by Crippen LogP contribution is 2.35. The van der Waals surface area contributed by atoms with Crippen LogP contribution in [0, 0.1) is 0 Å². The number of anilines is 1. The van der Waals surface area contributed by atoms with Crippen LogP contribution in [0.25, 0.3) is 0 Å². The summed E-state index contributed by atoms with van der Waals surface area (Å²) in [4.78, 5) is 14.5. The third-order valence-corrected chi connectivity index (χ3v) is 4.35. The van der Waals surface area contributed by atoms with Crippen molar-refractivity contribution in [1.82, 2.24) is 4.90 Å². The van der Waals surface area contributed by atoms with E-state index in [4.69, 9.17) is 25.8 Å². The van der Waals surface area contributed by atoms with Crippen LogP contribution in [-0.4, -0.2) is 57.4 Å². The number of amides is 1. The van der Waals surface area contributed by atoms with E-state index in [1.807, 2.05) is 6.92 Å². The van der Waals surface area contributed by atoms with Crippen molar-refractivity contribution in [1.29, 1.82) is 0 Å². The van der Waals surface area contributed by atoms with Gasteiger partial charge in [0.2, 0.25) is 5.91 Å². The normalized spacial score (nSPS) is 16.0. The first-order valence-electron chi connectivity index (χ1n) is 8.12. The van der Waals surface area contributed by atoms with Crippen molar-refractivity contribution in [2.45, 2.75) is 25.9 Å². The predicted octanol–water partition coefficient (Wildman–Crippen LogP) is 2.80. The number of nitrogens with one attached hydrogen (secondary N) is 1. The molecule has 6 nitrogen and oxygen atoms in total. The molecule has 1 aromatic rings. The van der Waals surface area contributed by atoms with Gasteiger partial charge in [-0.15, -0.1) is 0 Å². The van der Waals surface area contributed by atoms with Gasteiger partial charge in [0, 0.05) is 31.8 Å². The Labute approximate surface area is 148 Å². The standard InChI is InChI=1S/C17H25ClN2O4/c1-4-24-12-5-7-20(8-6-12)11-17(21)19-14-10-15(22-2)13(18)9-16(14)23-3/h9-10,12H,4-8,11H2,1-3H3,(H,19,21). The predicted molar refractivity (Wildman–Crippen MR) is 94.3 cm³/mol. The van der Waals surface area contributed by atoms with E-state index >= 15 is 0 Å². The smallest absolute Gasteiger partial charge is 0.238 e. The highest BCUT2D eigenvalue weighted by Gasteiger charge is 2.21. The number of methoxy groups -OCH3 is 2. The van der Waals surface area contributed by atoms with Crippen molar-refractivity contribution >= 4 is 23.2 Å². The molecule has 1 aliphatic heterocycles. The molecule has 1 heterocycles. The van der Waals surface area contributed by atoms with Crippen molar-refractivity contribution in [3.63, 3.8) is 0 Å². The lowest BCUT2D eigenvalue weighted by molar-refractivity contribution is -0.118. The Bertz CT molecular complexity index is 560. The summed E-state index contributed by atoms with van der Waals surface area (Å²) in [6, 6.07) is 3.30. The van der Waals surface area contributed by atoms with Crippen molar-refractivity contribution in [2.75, 3.05) is 45.8 Å². The highest BCUT2D eigenvalue weighted by atomic mass is 35.5. The van der Waals surface area contributed by atoms with Crippen LogP contribution < -0.4 is 14.8 Å². The zero-order valence-electron chi connectivity index (χ0n) is 14.4. The number of carbonyl (C=O) groups is 1. The molecule has 0 aromatic heterocycles. The van der Waals surface area contributed by atoms with E-state index in [1.165, 1.54) is 14.2 Å². The summed E-state index contributed by atoms with van der Waals surface area (Å²) in [5, 5.41) is 3.31. The van der Waals surface area contributed by atoms with Gasteiger partial charge in [-0.05, 0) is 19.8 Å². The Kier molecular flexibility index (Phi) is 7.15. The van der Waals surface area contributed by atoms with Gasteiger partial charge >= 0.3 is 0 Å². The number of benzene rings is 1. The van der Waals surface area contributed by atoms with Gasteiger partial charge in [0.1, 0.15) is 11.5 Å². The van der Waals surface area contributed by atoms with Gasteiger partial charge in [0.25, 0.3) is 0 Å². The summed E-state index contributed by atoms with van der Waals surface area (Å²) >= 11 is 6.07. The molecular weight excluding hydrogens is 332 g/mol. The number of piperidine rings is 1. The fourth-order valence-electron chi connectivity index (χ4n) is 2.82. The highest BCUT2D eigenvalue weighted by molar-refractivity contribution is 6.32. The van der Waals surface area contributed by atoms with Crippen molar-refractivity contribution in [2.24, 2.45) is 0 Å². The van der Waals surface area contributed by atoms with Gasteiger partial charge in [0.05, 0.1) is 37.6 Å². The van der Waals surface area contributed by atoms with Crippen molar-refractivity contribution in [3.05, 3.63) is 17.2 Å². The van der Waals surface area contributed by atoms with E-state index in [9.17, 15) is 4.79 Å². The molecule has 0 radical (unpaired) electrons. The first-order chi connectivity index (χ1) is 11.6. The molecule has 1 fully saturated rings. The Morgan fingerprint density at radius 1 is 1.25 bits per heavy atom. The van der Waals surface area contributed by atoms with Crippen molar-refractivity contribution in [3.8, 4) is 11.5 Å². The summed E-state index contributed by atoms with van der Waals surface area (Å²) in [5.74, 6) is 0.905. The molecule has 7 heteroatoms. The SMILES string of the molecule is CCOC1CCN(CC(=O)Nc2cc(OC)c(Cl)cc2OC)CC1. The molecule has 1 amide bonds. The molecule has 1 aliphatic rings. The molecule has 0 bridgehead atoms. The van der Waals surface area contributed by atoms with E-state index in [2.05, 4.69) is 10.2 Å². The van der Waals surface area contributed by atoms with Crippen LogP contribution in [0.5, 0.6) is 11.5 Å². The second-order valence-electron chi connectivity index (χ2n) is 5.67. The molecule has 0 atom stereocenters. The molecule has 0 aliphatic carbocycles. The number of carbonyl (C=O) groups excluding carboxylic acids is 1. The summed E-state index contributed by atoms with van der Waals surface area (Å²) in [6.45, 7) is 4.81. The van der Waals surface area contributed by atoms with Crippen LogP contribution in [-0.2, 0) is 9.53 Å². The molecular formula is C17H25ClN2O4. The Morgan fingerprint density at radius 2 is 1.92 bits per heavy atom. The van der Waals surface area contributed by atoms with E-state index in [0.29, 0.717) is 34.9 Å². The quantitative estimate of drug-likeness (QED) is 0.814. The summed E-state index contributed by atoms with van der Waals surface area (Å²) in [5.41, 5.74) is 0.549. The van der Waals surface area contributed by atoms with Gasteiger partial charge in [-0.3, -0.25) is 9.69 Å². The molecule has 0 spiro atoms. The molecule has 134 valence electrons. The minimum absolute atomic E-state index is 0.0902. The lowest BCUT2D eigenvalue weighted by atomic mass is 10.1. The minimum Gasteiger partial charge on any atom is -0.495 e. The fraction of sp³-hybridized carbons (Fsp3) is 0.588. The maximum Gasteiger partial charge on any atom is 0.238 e. The monoisotopic (exact) mass is 356 g/mol. The van der Waals surface area contributed by atoms with Crippen LogP contribution in [0.2, 0.25) is 5.02 Å². The van der Waals surface area contributed by atoms with E-state index in [-0.39, 0.29) is 5.91 Å². The molecule has 2 rings (SSSR count). The van der Waals surface area contributed by atoms with Crippen LogP contribution in [0.15, 0.2) is 12.1 Å². The number of nitrogens with zero attached hydrogens (tertiary/aromatic N) is 1. The fourth-order valence-corrected chi connectivity index (χ4v) is 3.05. The number of hydrogen-bond donors (Lipinski definition) is 1. The second-order valence-corrected chi connectivity index (χ2v) is 6.07. The molecule has 24 heavy (non-hydrogen) atoms. The van der Waals surface area contributed by atoms with Crippen LogP contribution >= 0.6 is 11.6 Å². The average Bonchev–Trinajstić information content (AvgIpc) is 2.58. The van der Waals surface area contributed by atoms with Gasteiger partial charge in [-0.2, -0.15) is 0 Å².